The minimum Gasteiger partial charge on any atom is -0.497 e. The van der Waals surface area contributed by atoms with Gasteiger partial charge in [0.1, 0.15) is 11.8 Å². The molecule has 2 bridgehead atoms. The zero-order valence-corrected chi connectivity index (χ0v) is 22.4. The molecule has 5 atom stereocenters. The molecule has 2 aromatic carbocycles. The van der Waals surface area contributed by atoms with Gasteiger partial charge in [-0.05, 0) is 62.1 Å². The van der Waals surface area contributed by atoms with Crippen LogP contribution in [0.4, 0.5) is 11.4 Å². The van der Waals surface area contributed by atoms with E-state index < -0.39 is 22.6 Å². The molecule has 3 heterocycles. The van der Waals surface area contributed by atoms with Gasteiger partial charge in [-0.1, -0.05) is 31.0 Å². The number of thioether (sulfide) groups is 1. The van der Waals surface area contributed by atoms with Crippen molar-refractivity contribution in [1.29, 1.82) is 0 Å². The molecule has 3 saturated heterocycles. The molecule has 0 radical (unpaired) electrons. The number of methoxy groups -OCH3 is 1. The molecule has 9 heteroatoms. The SMILES string of the molecule is COc1ccc(NC(=O)C2N(CCCCCCO)C(=O)[C@@H]3[C@@H](C(=O)Nc4ccccc4)[C@H]4CCC23S4)cc1. The molecule has 2 aromatic rings. The van der Waals surface area contributed by atoms with Crippen LogP contribution >= 0.6 is 11.8 Å². The molecule has 3 aliphatic rings. The molecule has 3 amide bonds. The van der Waals surface area contributed by atoms with Gasteiger partial charge in [-0.25, -0.2) is 0 Å². The van der Waals surface area contributed by atoms with Crippen molar-refractivity contribution in [2.45, 2.75) is 54.6 Å². The fraction of sp³-hybridized carbons (Fsp3) is 0.483. The van der Waals surface area contributed by atoms with Crippen molar-refractivity contribution in [2.75, 3.05) is 30.9 Å². The molecule has 5 rings (SSSR count). The third-order valence-electron chi connectivity index (χ3n) is 8.06. The van der Waals surface area contributed by atoms with Crippen molar-refractivity contribution in [3.05, 3.63) is 54.6 Å². The number of hydrogen-bond acceptors (Lipinski definition) is 6. The van der Waals surface area contributed by atoms with Crippen LogP contribution < -0.4 is 15.4 Å². The molecule has 0 aliphatic carbocycles. The number of para-hydroxylation sites is 1. The Balaban J connectivity index is 1.40. The monoisotopic (exact) mass is 537 g/mol. The summed E-state index contributed by atoms with van der Waals surface area (Å²) in [6.45, 7) is 0.610. The van der Waals surface area contributed by atoms with Crippen molar-refractivity contribution in [2.24, 2.45) is 11.8 Å². The van der Waals surface area contributed by atoms with Crippen LogP contribution in [0, 0.1) is 11.8 Å². The number of aliphatic hydroxyl groups excluding tert-OH is 1. The number of nitrogens with one attached hydrogen (secondary N) is 2. The second-order valence-corrected chi connectivity index (χ2v) is 11.9. The normalized spacial score (nSPS) is 27.3. The average Bonchev–Trinajstić information content (AvgIpc) is 3.57. The number of likely N-dealkylation sites (tertiary alicyclic amines) is 1. The Hall–Kier alpha value is -3.04. The second-order valence-electron chi connectivity index (χ2n) is 10.3. The summed E-state index contributed by atoms with van der Waals surface area (Å²) < 4.78 is 4.60. The number of hydrogen-bond donors (Lipinski definition) is 3. The van der Waals surface area contributed by atoms with Crippen molar-refractivity contribution in [1.82, 2.24) is 4.90 Å². The summed E-state index contributed by atoms with van der Waals surface area (Å²) in [5.74, 6) is -0.757. The zero-order chi connectivity index (χ0) is 26.7. The molecule has 8 nitrogen and oxygen atoms in total. The Morgan fingerprint density at radius 3 is 2.39 bits per heavy atom. The molecule has 3 fully saturated rings. The van der Waals surface area contributed by atoms with E-state index in [1.54, 1.807) is 48.0 Å². The van der Waals surface area contributed by atoms with E-state index in [9.17, 15) is 14.4 Å². The third-order valence-corrected chi connectivity index (χ3v) is 10.0. The first-order valence-corrected chi connectivity index (χ1v) is 14.3. The van der Waals surface area contributed by atoms with Crippen LogP contribution in [-0.2, 0) is 14.4 Å². The van der Waals surface area contributed by atoms with Gasteiger partial charge in [0.15, 0.2) is 0 Å². The highest BCUT2D eigenvalue weighted by Crippen LogP contribution is 2.66. The minimum atomic E-state index is -0.649. The zero-order valence-electron chi connectivity index (χ0n) is 21.6. The summed E-state index contributed by atoms with van der Waals surface area (Å²) in [5, 5.41) is 15.2. The highest BCUT2D eigenvalue weighted by Gasteiger charge is 2.73. The van der Waals surface area contributed by atoms with Gasteiger partial charge < -0.3 is 25.4 Å². The molecule has 0 saturated carbocycles. The molecule has 202 valence electrons. The fourth-order valence-electron chi connectivity index (χ4n) is 6.37. The lowest BCUT2D eigenvalue weighted by Crippen LogP contribution is -2.51. The summed E-state index contributed by atoms with van der Waals surface area (Å²) in [6, 6.07) is 15.8. The van der Waals surface area contributed by atoms with E-state index in [4.69, 9.17) is 9.84 Å². The number of fused-ring (bicyclic) bond motifs is 1. The topological polar surface area (TPSA) is 108 Å². The molecule has 3 aliphatic heterocycles. The maximum atomic E-state index is 14.0. The number of rotatable bonds is 11. The number of carbonyl (C=O) groups is 3. The average molecular weight is 538 g/mol. The number of carbonyl (C=O) groups excluding carboxylic acids is 3. The molecule has 38 heavy (non-hydrogen) atoms. The molecule has 0 aromatic heterocycles. The fourth-order valence-corrected chi connectivity index (χ4v) is 8.59. The van der Waals surface area contributed by atoms with Gasteiger partial charge in [-0.3, -0.25) is 14.4 Å². The van der Waals surface area contributed by atoms with Crippen LogP contribution in [0.2, 0.25) is 0 Å². The third kappa shape index (κ3) is 4.89. The summed E-state index contributed by atoms with van der Waals surface area (Å²) in [4.78, 5) is 43.1. The lowest BCUT2D eigenvalue weighted by atomic mass is 9.70. The van der Waals surface area contributed by atoms with E-state index in [1.165, 1.54) is 0 Å². The number of aliphatic hydroxyl groups is 1. The van der Waals surface area contributed by atoms with E-state index in [2.05, 4.69) is 10.6 Å². The lowest BCUT2D eigenvalue weighted by molar-refractivity contribution is -0.138. The Bertz CT molecular complexity index is 1160. The van der Waals surface area contributed by atoms with Gasteiger partial charge in [-0.15, -0.1) is 11.8 Å². The predicted molar refractivity (Wildman–Crippen MR) is 148 cm³/mol. The summed E-state index contributed by atoms with van der Waals surface area (Å²) in [5.41, 5.74) is 1.35. The van der Waals surface area contributed by atoms with E-state index in [0.29, 0.717) is 23.7 Å². The highest BCUT2D eigenvalue weighted by atomic mass is 32.2. The number of unbranched alkanes of at least 4 members (excludes halogenated alkanes) is 3. The largest absolute Gasteiger partial charge is 0.497 e. The molecule has 1 spiro atoms. The van der Waals surface area contributed by atoms with E-state index in [1.807, 2.05) is 30.3 Å². The predicted octanol–water partition coefficient (Wildman–Crippen LogP) is 3.92. The first-order chi connectivity index (χ1) is 18.5. The van der Waals surface area contributed by atoms with Gasteiger partial charge in [0.2, 0.25) is 17.7 Å². The molecule has 3 N–H and O–H groups in total. The molecule has 2 unspecified atom stereocenters. The Morgan fingerprint density at radius 2 is 1.68 bits per heavy atom. The maximum Gasteiger partial charge on any atom is 0.248 e. The van der Waals surface area contributed by atoms with Crippen LogP contribution in [0.15, 0.2) is 54.6 Å². The molecular weight excluding hydrogens is 502 g/mol. The smallest absolute Gasteiger partial charge is 0.248 e. The van der Waals surface area contributed by atoms with Crippen molar-refractivity contribution in [3.8, 4) is 5.75 Å². The Kier molecular flexibility index (Phi) is 7.95. The van der Waals surface area contributed by atoms with Crippen molar-refractivity contribution < 1.29 is 24.2 Å². The highest BCUT2D eigenvalue weighted by molar-refractivity contribution is 8.02. The minimum absolute atomic E-state index is 0.00986. The van der Waals surface area contributed by atoms with Crippen molar-refractivity contribution in [3.63, 3.8) is 0 Å². The van der Waals surface area contributed by atoms with Crippen LogP contribution in [0.3, 0.4) is 0 Å². The van der Waals surface area contributed by atoms with E-state index in [0.717, 1.165) is 38.5 Å². The quantitative estimate of drug-likeness (QED) is 0.375. The number of ether oxygens (including phenoxy) is 1. The van der Waals surface area contributed by atoms with Crippen LogP contribution in [0.5, 0.6) is 5.75 Å². The lowest BCUT2D eigenvalue weighted by Gasteiger charge is -2.34. The van der Waals surface area contributed by atoms with E-state index >= 15 is 0 Å². The Labute approximate surface area is 227 Å². The van der Waals surface area contributed by atoms with Gasteiger partial charge in [0.25, 0.3) is 0 Å². The first kappa shape index (κ1) is 26.6. The summed E-state index contributed by atoms with van der Waals surface area (Å²) in [7, 11) is 1.59. The summed E-state index contributed by atoms with van der Waals surface area (Å²) in [6.07, 6.45) is 4.74. The standard InChI is InChI=1S/C29H35N3O5S/c1-37-21-13-11-20(12-14-21)31-27(35)25-29-16-15-22(38-29)23(26(34)30-19-9-5-4-6-10-19)24(29)28(36)32(25)17-7-2-3-8-18-33/h4-6,9-14,22-25,33H,2-3,7-8,15-18H2,1H3,(H,30,34)(H,31,35)/t22-,23+,24+,25?,29?/m1/s1. The van der Waals surface area contributed by atoms with Crippen LogP contribution in [0.25, 0.3) is 0 Å². The van der Waals surface area contributed by atoms with Gasteiger partial charge in [0.05, 0.1) is 23.7 Å². The maximum absolute atomic E-state index is 14.0. The molecular formula is C29H35N3O5S. The number of benzene rings is 2. The summed E-state index contributed by atoms with van der Waals surface area (Å²) >= 11 is 1.67. The van der Waals surface area contributed by atoms with E-state index in [-0.39, 0.29) is 29.6 Å². The van der Waals surface area contributed by atoms with Gasteiger partial charge in [0, 0.05) is 29.8 Å². The number of nitrogens with zero attached hydrogens (tertiary/aromatic N) is 1. The van der Waals surface area contributed by atoms with Crippen LogP contribution in [0.1, 0.15) is 38.5 Å². The first-order valence-electron chi connectivity index (χ1n) is 13.4. The Morgan fingerprint density at radius 1 is 1.00 bits per heavy atom. The van der Waals surface area contributed by atoms with Crippen LogP contribution in [-0.4, -0.2) is 64.0 Å². The van der Waals surface area contributed by atoms with Gasteiger partial charge >= 0.3 is 0 Å². The van der Waals surface area contributed by atoms with Gasteiger partial charge in [-0.2, -0.15) is 0 Å². The number of amides is 3. The van der Waals surface area contributed by atoms with Crippen molar-refractivity contribution >= 4 is 40.9 Å². The number of anilines is 2. The second kappa shape index (κ2) is 11.4.